The van der Waals surface area contributed by atoms with Gasteiger partial charge in [-0.2, -0.15) is 0 Å². The largest absolute Gasteiger partial charge is 0.316 e. The Kier molecular flexibility index (Phi) is 6.37. The summed E-state index contributed by atoms with van der Waals surface area (Å²) in [4.78, 5) is 2.71. The van der Waals surface area contributed by atoms with E-state index in [4.69, 9.17) is 0 Å². The molecule has 1 atom stereocenters. The van der Waals surface area contributed by atoms with Crippen LogP contribution in [-0.4, -0.2) is 37.1 Å². The molecule has 0 saturated heterocycles. The van der Waals surface area contributed by atoms with Gasteiger partial charge < -0.3 is 5.32 Å². The Morgan fingerprint density at radius 2 is 1.88 bits per heavy atom. The zero-order valence-electron chi connectivity index (χ0n) is 11.6. The number of nitrogens with zero attached hydrogens (tertiary/aromatic N) is 1. The summed E-state index contributed by atoms with van der Waals surface area (Å²) in [5.41, 5.74) is 0. The van der Waals surface area contributed by atoms with Crippen molar-refractivity contribution >= 4 is 0 Å². The summed E-state index contributed by atoms with van der Waals surface area (Å²) in [7, 11) is 0. The lowest BCUT2D eigenvalue weighted by atomic mass is 10.1. The van der Waals surface area contributed by atoms with Crippen molar-refractivity contribution in [2.75, 3.05) is 26.2 Å². The molecule has 0 amide bonds. The molecular weight excluding hydrogens is 196 g/mol. The topological polar surface area (TPSA) is 15.3 Å². The van der Waals surface area contributed by atoms with E-state index < -0.39 is 0 Å². The van der Waals surface area contributed by atoms with Crippen molar-refractivity contribution < 1.29 is 0 Å². The van der Waals surface area contributed by atoms with Gasteiger partial charge in [-0.3, -0.25) is 4.90 Å². The highest BCUT2D eigenvalue weighted by molar-refractivity contribution is 4.85. The van der Waals surface area contributed by atoms with Crippen LogP contribution in [0.5, 0.6) is 0 Å². The smallest absolute Gasteiger partial charge is 0.00966 e. The van der Waals surface area contributed by atoms with Gasteiger partial charge in [0.05, 0.1) is 0 Å². The number of nitrogens with one attached hydrogen (secondary N) is 1. The average Bonchev–Trinajstić information content (AvgIpc) is 2.99. The predicted octanol–water partition coefficient (Wildman–Crippen LogP) is 2.74. The van der Waals surface area contributed by atoms with Crippen molar-refractivity contribution in [3.05, 3.63) is 0 Å². The van der Waals surface area contributed by atoms with Crippen LogP contribution >= 0.6 is 0 Å². The van der Waals surface area contributed by atoms with Crippen molar-refractivity contribution in [2.24, 2.45) is 11.8 Å². The Morgan fingerprint density at radius 1 is 1.19 bits per heavy atom. The minimum Gasteiger partial charge on any atom is -0.316 e. The summed E-state index contributed by atoms with van der Waals surface area (Å²) in [5, 5.41) is 3.53. The molecule has 96 valence electrons. The van der Waals surface area contributed by atoms with E-state index in [2.05, 4.69) is 37.9 Å². The molecule has 0 aliphatic heterocycles. The Bertz CT molecular complexity index is 176. The van der Waals surface area contributed by atoms with Crippen LogP contribution in [0, 0.1) is 11.8 Å². The SMILES string of the molecule is CCCNCC(C)CN(CC(C)C)C1CC1. The second kappa shape index (κ2) is 7.29. The summed E-state index contributed by atoms with van der Waals surface area (Å²) in [5.74, 6) is 1.59. The fourth-order valence-electron chi connectivity index (χ4n) is 2.27. The van der Waals surface area contributed by atoms with Crippen LogP contribution < -0.4 is 5.32 Å². The molecule has 1 fully saturated rings. The number of rotatable bonds is 9. The Labute approximate surface area is 102 Å². The monoisotopic (exact) mass is 226 g/mol. The third-order valence-corrected chi connectivity index (χ3v) is 3.13. The van der Waals surface area contributed by atoms with Gasteiger partial charge in [0.1, 0.15) is 0 Å². The summed E-state index contributed by atoms with van der Waals surface area (Å²) in [6.45, 7) is 14.2. The molecule has 0 aromatic carbocycles. The van der Waals surface area contributed by atoms with Gasteiger partial charge in [-0.15, -0.1) is 0 Å². The molecule has 2 nitrogen and oxygen atoms in total. The maximum absolute atomic E-state index is 3.53. The minimum atomic E-state index is 0.783. The molecule has 0 spiro atoms. The van der Waals surface area contributed by atoms with E-state index in [1.165, 1.54) is 38.9 Å². The van der Waals surface area contributed by atoms with Gasteiger partial charge in [0.25, 0.3) is 0 Å². The van der Waals surface area contributed by atoms with Crippen LogP contribution in [-0.2, 0) is 0 Å². The van der Waals surface area contributed by atoms with Gasteiger partial charge in [0, 0.05) is 19.1 Å². The van der Waals surface area contributed by atoms with Crippen molar-refractivity contribution in [3.8, 4) is 0 Å². The maximum atomic E-state index is 3.53. The quantitative estimate of drug-likeness (QED) is 0.608. The van der Waals surface area contributed by atoms with E-state index in [1.54, 1.807) is 0 Å². The van der Waals surface area contributed by atoms with Crippen molar-refractivity contribution in [1.82, 2.24) is 10.2 Å². The summed E-state index contributed by atoms with van der Waals surface area (Å²) < 4.78 is 0. The summed E-state index contributed by atoms with van der Waals surface area (Å²) in [6.07, 6.45) is 4.11. The molecule has 1 unspecified atom stereocenters. The van der Waals surface area contributed by atoms with E-state index in [-0.39, 0.29) is 0 Å². The molecule has 1 rings (SSSR count). The first kappa shape index (κ1) is 14.0. The Hall–Kier alpha value is -0.0800. The highest BCUT2D eigenvalue weighted by atomic mass is 15.2. The highest BCUT2D eigenvalue weighted by Crippen LogP contribution is 2.28. The molecule has 1 aliphatic rings. The number of hydrogen-bond donors (Lipinski definition) is 1. The van der Waals surface area contributed by atoms with Gasteiger partial charge in [-0.1, -0.05) is 27.7 Å². The molecule has 1 N–H and O–H groups in total. The lowest BCUT2D eigenvalue weighted by Gasteiger charge is -2.27. The van der Waals surface area contributed by atoms with Crippen molar-refractivity contribution in [3.63, 3.8) is 0 Å². The normalized spacial score (nSPS) is 18.4. The predicted molar refractivity (Wildman–Crippen MR) is 71.8 cm³/mol. The van der Waals surface area contributed by atoms with Crippen molar-refractivity contribution in [2.45, 2.75) is 53.0 Å². The molecular formula is C14H30N2. The molecule has 2 heteroatoms. The van der Waals surface area contributed by atoms with Gasteiger partial charge in [0.15, 0.2) is 0 Å². The minimum absolute atomic E-state index is 0.783. The fourth-order valence-corrected chi connectivity index (χ4v) is 2.27. The van der Waals surface area contributed by atoms with E-state index in [0.717, 1.165) is 24.4 Å². The Balaban J connectivity index is 2.19. The molecule has 0 aromatic heterocycles. The van der Waals surface area contributed by atoms with Gasteiger partial charge >= 0.3 is 0 Å². The third kappa shape index (κ3) is 5.86. The van der Waals surface area contributed by atoms with E-state index in [0.29, 0.717) is 0 Å². The zero-order valence-corrected chi connectivity index (χ0v) is 11.6. The van der Waals surface area contributed by atoms with Crippen LogP contribution in [0.4, 0.5) is 0 Å². The summed E-state index contributed by atoms with van der Waals surface area (Å²) in [6, 6.07) is 0.913. The van der Waals surface area contributed by atoms with Crippen molar-refractivity contribution in [1.29, 1.82) is 0 Å². The second-order valence-corrected chi connectivity index (χ2v) is 5.89. The molecule has 16 heavy (non-hydrogen) atoms. The average molecular weight is 226 g/mol. The van der Waals surface area contributed by atoms with E-state index >= 15 is 0 Å². The second-order valence-electron chi connectivity index (χ2n) is 5.89. The molecule has 1 aliphatic carbocycles. The van der Waals surface area contributed by atoms with Crippen LogP contribution in [0.1, 0.15) is 47.0 Å². The standard InChI is InChI=1S/C14H30N2/c1-5-8-15-9-13(4)11-16(10-12(2)3)14-6-7-14/h12-15H,5-11H2,1-4H3. The lowest BCUT2D eigenvalue weighted by molar-refractivity contribution is 0.202. The first-order valence-electron chi connectivity index (χ1n) is 7.08. The third-order valence-electron chi connectivity index (χ3n) is 3.13. The highest BCUT2D eigenvalue weighted by Gasteiger charge is 2.29. The Morgan fingerprint density at radius 3 is 2.38 bits per heavy atom. The van der Waals surface area contributed by atoms with Gasteiger partial charge in [-0.05, 0) is 44.2 Å². The van der Waals surface area contributed by atoms with Crippen LogP contribution in [0.2, 0.25) is 0 Å². The van der Waals surface area contributed by atoms with Gasteiger partial charge in [-0.25, -0.2) is 0 Å². The molecule has 0 aromatic rings. The maximum Gasteiger partial charge on any atom is 0.00966 e. The molecule has 1 saturated carbocycles. The first-order chi connectivity index (χ1) is 7.63. The lowest BCUT2D eigenvalue weighted by Crippen LogP contribution is -2.37. The van der Waals surface area contributed by atoms with Gasteiger partial charge in [0.2, 0.25) is 0 Å². The molecule has 0 heterocycles. The molecule has 0 radical (unpaired) electrons. The molecule has 0 bridgehead atoms. The van der Waals surface area contributed by atoms with E-state index in [9.17, 15) is 0 Å². The van der Waals surface area contributed by atoms with Crippen LogP contribution in [0.25, 0.3) is 0 Å². The van der Waals surface area contributed by atoms with Crippen LogP contribution in [0.3, 0.4) is 0 Å². The number of hydrogen-bond acceptors (Lipinski definition) is 2. The summed E-state index contributed by atoms with van der Waals surface area (Å²) >= 11 is 0. The first-order valence-corrected chi connectivity index (χ1v) is 7.08. The fraction of sp³-hybridized carbons (Fsp3) is 1.00. The van der Waals surface area contributed by atoms with Crippen LogP contribution in [0.15, 0.2) is 0 Å². The van der Waals surface area contributed by atoms with E-state index in [1.807, 2.05) is 0 Å². The zero-order chi connectivity index (χ0) is 12.0.